The summed E-state index contributed by atoms with van der Waals surface area (Å²) in [6.45, 7) is 3.82. The lowest BCUT2D eigenvalue weighted by molar-refractivity contribution is -0.150. The maximum atomic E-state index is 13.0. The molecule has 0 bridgehead atoms. The first kappa shape index (κ1) is 14.8. The van der Waals surface area contributed by atoms with E-state index in [1.54, 1.807) is 19.1 Å². The normalized spacial score (nSPS) is 18.6. The number of ether oxygens (including phenoxy) is 1. The number of rotatable bonds is 4. The van der Waals surface area contributed by atoms with Crippen molar-refractivity contribution < 1.29 is 13.9 Å². The summed E-state index contributed by atoms with van der Waals surface area (Å²) in [6.07, 6.45) is 1.36. The minimum atomic E-state index is -0.708. The largest absolute Gasteiger partial charge is 0.464 e. The van der Waals surface area contributed by atoms with Crippen LogP contribution in [-0.4, -0.2) is 43.2 Å². The highest BCUT2D eigenvalue weighted by Gasteiger charge is 2.42. The third kappa shape index (κ3) is 3.28. The number of anilines is 1. The van der Waals surface area contributed by atoms with Gasteiger partial charge in [-0.2, -0.15) is 0 Å². The van der Waals surface area contributed by atoms with Crippen LogP contribution in [0.1, 0.15) is 19.8 Å². The monoisotopic (exact) mass is 280 g/mol. The van der Waals surface area contributed by atoms with Gasteiger partial charge in [0.1, 0.15) is 11.4 Å². The molecule has 20 heavy (non-hydrogen) atoms. The minimum Gasteiger partial charge on any atom is -0.464 e. The van der Waals surface area contributed by atoms with Gasteiger partial charge in [0.2, 0.25) is 0 Å². The summed E-state index contributed by atoms with van der Waals surface area (Å²) in [7, 11) is 2.03. The molecule has 2 rings (SSSR count). The Bertz CT molecular complexity index is 453. The molecule has 0 unspecified atom stereocenters. The molecular weight excluding hydrogens is 259 g/mol. The maximum absolute atomic E-state index is 13.0. The molecule has 1 aliphatic heterocycles. The molecule has 1 saturated heterocycles. The number of piperidine rings is 1. The summed E-state index contributed by atoms with van der Waals surface area (Å²) in [5, 5.41) is 3.26. The lowest BCUT2D eigenvalue weighted by atomic mass is 9.87. The number of nitrogens with zero attached hydrogens (tertiary/aromatic N) is 1. The number of carbonyl (C=O) groups is 1. The van der Waals surface area contributed by atoms with E-state index in [1.165, 1.54) is 12.1 Å². The van der Waals surface area contributed by atoms with Gasteiger partial charge in [0.15, 0.2) is 0 Å². The van der Waals surface area contributed by atoms with Gasteiger partial charge in [-0.05, 0) is 51.1 Å². The summed E-state index contributed by atoms with van der Waals surface area (Å²) in [6, 6.07) is 6.07. The van der Waals surface area contributed by atoms with Crippen LogP contribution >= 0.6 is 0 Å². The topological polar surface area (TPSA) is 41.6 Å². The Balaban J connectivity index is 2.18. The predicted octanol–water partition coefficient (Wildman–Crippen LogP) is 2.27. The third-order valence-electron chi connectivity index (χ3n) is 3.73. The van der Waals surface area contributed by atoms with Crippen LogP contribution in [0, 0.1) is 5.82 Å². The van der Waals surface area contributed by atoms with Gasteiger partial charge < -0.3 is 15.0 Å². The van der Waals surface area contributed by atoms with E-state index in [0.29, 0.717) is 19.4 Å². The molecule has 0 radical (unpaired) electrons. The maximum Gasteiger partial charge on any atom is 0.331 e. The number of nitrogens with one attached hydrogen (secondary N) is 1. The number of benzene rings is 1. The van der Waals surface area contributed by atoms with Gasteiger partial charge in [-0.1, -0.05) is 0 Å². The van der Waals surface area contributed by atoms with Crippen molar-refractivity contribution in [3.63, 3.8) is 0 Å². The summed E-state index contributed by atoms with van der Waals surface area (Å²) in [5.74, 6) is -0.512. The van der Waals surface area contributed by atoms with E-state index in [1.807, 2.05) is 7.05 Å². The number of hydrogen-bond donors (Lipinski definition) is 1. The van der Waals surface area contributed by atoms with Gasteiger partial charge in [-0.25, -0.2) is 9.18 Å². The highest BCUT2D eigenvalue weighted by atomic mass is 19.1. The van der Waals surface area contributed by atoms with Crippen LogP contribution in [0.4, 0.5) is 10.1 Å². The molecule has 0 amide bonds. The minimum absolute atomic E-state index is 0.225. The number of hydrogen-bond acceptors (Lipinski definition) is 4. The van der Waals surface area contributed by atoms with Gasteiger partial charge in [-0.15, -0.1) is 0 Å². The first-order valence-corrected chi connectivity index (χ1v) is 6.95. The van der Waals surface area contributed by atoms with Crippen LogP contribution < -0.4 is 5.32 Å². The van der Waals surface area contributed by atoms with Crippen LogP contribution in [0.3, 0.4) is 0 Å². The molecule has 0 aliphatic carbocycles. The van der Waals surface area contributed by atoms with E-state index in [2.05, 4.69) is 10.2 Å². The molecule has 1 heterocycles. The zero-order valence-corrected chi connectivity index (χ0v) is 12.0. The number of carbonyl (C=O) groups excluding carboxylic acids is 1. The standard InChI is InChI=1S/C15H21FN2O2/c1-3-20-14(19)15(8-10-18(2)11-9-15)17-13-6-4-12(16)5-7-13/h4-7,17H,3,8-11H2,1-2H3. The lowest BCUT2D eigenvalue weighted by Gasteiger charge is -2.39. The Labute approximate surface area is 118 Å². The van der Waals surface area contributed by atoms with Crippen molar-refractivity contribution in [2.45, 2.75) is 25.3 Å². The Morgan fingerprint density at radius 1 is 1.35 bits per heavy atom. The second kappa shape index (κ2) is 6.22. The first-order chi connectivity index (χ1) is 9.55. The van der Waals surface area contributed by atoms with Crippen molar-refractivity contribution in [3.05, 3.63) is 30.1 Å². The Hall–Kier alpha value is -1.62. The average Bonchev–Trinajstić information content (AvgIpc) is 2.44. The van der Waals surface area contributed by atoms with Crippen molar-refractivity contribution >= 4 is 11.7 Å². The second-order valence-electron chi connectivity index (χ2n) is 5.24. The quantitative estimate of drug-likeness (QED) is 0.859. The van der Waals surface area contributed by atoms with Crippen molar-refractivity contribution in [2.75, 3.05) is 32.1 Å². The molecule has 0 saturated carbocycles. The first-order valence-electron chi connectivity index (χ1n) is 6.95. The summed E-state index contributed by atoms with van der Waals surface area (Å²) in [4.78, 5) is 14.5. The molecule has 0 aromatic heterocycles. The summed E-state index contributed by atoms with van der Waals surface area (Å²) < 4.78 is 18.2. The van der Waals surface area contributed by atoms with Crippen LogP contribution in [0.2, 0.25) is 0 Å². The van der Waals surface area contributed by atoms with Crippen LogP contribution in [0.5, 0.6) is 0 Å². The van der Waals surface area contributed by atoms with Crippen LogP contribution in [0.15, 0.2) is 24.3 Å². The fraction of sp³-hybridized carbons (Fsp3) is 0.533. The van der Waals surface area contributed by atoms with Gasteiger partial charge in [0, 0.05) is 18.8 Å². The molecule has 1 aromatic carbocycles. The van der Waals surface area contributed by atoms with Crippen molar-refractivity contribution in [2.24, 2.45) is 0 Å². The van der Waals surface area contributed by atoms with E-state index >= 15 is 0 Å². The highest BCUT2D eigenvalue weighted by molar-refractivity contribution is 5.84. The van der Waals surface area contributed by atoms with Gasteiger partial charge in [0.05, 0.1) is 6.61 Å². The fourth-order valence-electron chi connectivity index (χ4n) is 2.46. The van der Waals surface area contributed by atoms with E-state index < -0.39 is 5.54 Å². The molecule has 110 valence electrons. The van der Waals surface area contributed by atoms with E-state index in [4.69, 9.17) is 4.74 Å². The highest BCUT2D eigenvalue weighted by Crippen LogP contribution is 2.28. The second-order valence-corrected chi connectivity index (χ2v) is 5.24. The zero-order chi connectivity index (χ0) is 14.6. The molecule has 1 fully saturated rings. The average molecular weight is 280 g/mol. The summed E-state index contributed by atoms with van der Waals surface area (Å²) in [5.41, 5.74) is 0.0318. The van der Waals surface area contributed by atoms with Crippen LogP contribution in [0.25, 0.3) is 0 Å². The summed E-state index contributed by atoms with van der Waals surface area (Å²) >= 11 is 0. The fourth-order valence-corrected chi connectivity index (χ4v) is 2.46. The zero-order valence-electron chi connectivity index (χ0n) is 12.0. The smallest absolute Gasteiger partial charge is 0.331 e. The molecule has 1 aliphatic rings. The number of halogens is 1. The van der Waals surface area contributed by atoms with Crippen molar-refractivity contribution in [3.8, 4) is 0 Å². The number of esters is 1. The Morgan fingerprint density at radius 3 is 2.50 bits per heavy atom. The molecule has 0 spiro atoms. The Kier molecular flexibility index (Phi) is 4.60. The molecular formula is C15H21FN2O2. The van der Waals surface area contributed by atoms with Gasteiger partial charge in [-0.3, -0.25) is 0 Å². The SMILES string of the molecule is CCOC(=O)C1(Nc2ccc(F)cc2)CCN(C)CC1. The van der Waals surface area contributed by atoms with E-state index in [9.17, 15) is 9.18 Å². The molecule has 1 N–H and O–H groups in total. The van der Waals surface area contributed by atoms with Crippen molar-refractivity contribution in [1.82, 2.24) is 4.90 Å². The van der Waals surface area contributed by atoms with Crippen molar-refractivity contribution in [1.29, 1.82) is 0 Å². The molecule has 5 heteroatoms. The van der Waals surface area contributed by atoms with Crippen LogP contribution in [-0.2, 0) is 9.53 Å². The van der Waals surface area contributed by atoms with E-state index in [0.717, 1.165) is 18.8 Å². The molecule has 4 nitrogen and oxygen atoms in total. The third-order valence-corrected chi connectivity index (χ3v) is 3.73. The molecule has 0 atom stereocenters. The van der Waals surface area contributed by atoms with E-state index in [-0.39, 0.29) is 11.8 Å². The van der Waals surface area contributed by atoms with Gasteiger partial charge in [0.25, 0.3) is 0 Å². The Morgan fingerprint density at radius 2 is 1.95 bits per heavy atom. The predicted molar refractivity (Wildman–Crippen MR) is 76.1 cm³/mol. The van der Waals surface area contributed by atoms with Gasteiger partial charge >= 0.3 is 5.97 Å². The lowest BCUT2D eigenvalue weighted by Crippen LogP contribution is -2.54. The number of likely N-dealkylation sites (tertiary alicyclic amines) is 1. The molecule has 1 aromatic rings.